The number of ether oxygens (including phenoxy) is 1. The molecule has 16 nitrogen and oxygen atoms in total. The Kier molecular flexibility index (Phi) is 19.2. The second-order valence-electron chi connectivity index (χ2n) is 15.3. The third kappa shape index (κ3) is 15.2. The molecule has 1 aliphatic heterocycles. The van der Waals surface area contributed by atoms with E-state index in [0.29, 0.717) is 25.8 Å². The summed E-state index contributed by atoms with van der Waals surface area (Å²) in [4.78, 5) is 92.4. The van der Waals surface area contributed by atoms with Crippen molar-refractivity contribution in [2.24, 2.45) is 23.5 Å². The van der Waals surface area contributed by atoms with Gasteiger partial charge in [0.15, 0.2) is 0 Å². The summed E-state index contributed by atoms with van der Waals surface area (Å²) in [6.07, 6.45) is 0.360. The van der Waals surface area contributed by atoms with Crippen molar-refractivity contribution in [1.82, 2.24) is 31.5 Å². The standard InChI is InChI=1S/C39H63N7O9/c1-9-24(6)34(38(53)44-33(23(4)5)39(54)55-8)45-37(52)30-16-13-17-46(30)21-31(48)27(19-26-14-11-10-12-15-26)42-36(51)29(20-32(40)49)43-35(50)28(18-22(2)3)41-25(7)47/h10-12,14-15,22-24,27-31,33-34,48H,9,13,16-21H2,1-8H3,(H2,40,49)(H,41,47)(H,42,51)(H,43,50)(H,44,53)(H,45,52)/t24-,27+,28+,29+,30+,31-,33+,34+/m1/s1. The Labute approximate surface area is 324 Å². The summed E-state index contributed by atoms with van der Waals surface area (Å²) in [5, 5.41) is 25.3. The molecule has 0 aromatic heterocycles. The first-order valence-corrected chi connectivity index (χ1v) is 19.2. The van der Waals surface area contributed by atoms with E-state index in [1.54, 1.807) is 18.7 Å². The number of hydrogen-bond donors (Lipinski definition) is 7. The highest BCUT2D eigenvalue weighted by Gasteiger charge is 2.38. The van der Waals surface area contributed by atoms with Crippen LogP contribution in [0.25, 0.3) is 0 Å². The van der Waals surface area contributed by atoms with Crippen LogP contribution in [0.1, 0.15) is 86.1 Å². The number of rotatable bonds is 22. The Morgan fingerprint density at radius 1 is 0.873 bits per heavy atom. The number of carbonyl (C=O) groups excluding carboxylic acids is 7. The second kappa shape index (κ2) is 22.7. The zero-order chi connectivity index (χ0) is 41.4. The molecule has 1 fully saturated rings. The molecule has 8 N–H and O–H groups in total. The van der Waals surface area contributed by atoms with Crippen LogP contribution in [0.3, 0.4) is 0 Å². The van der Waals surface area contributed by atoms with Crippen molar-refractivity contribution in [3.8, 4) is 0 Å². The van der Waals surface area contributed by atoms with Crippen molar-refractivity contribution in [2.75, 3.05) is 20.2 Å². The van der Waals surface area contributed by atoms with Gasteiger partial charge in [0.2, 0.25) is 35.4 Å². The summed E-state index contributed by atoms with van der Waals surface area (Å²) >= 11 is 0. The first-order valence-electron chi connectivity index (χ1n) is 19.2. The average Bonchev–Trinajstić information content (AvgIpc) is 3.58. The van der Waals surface area contributed by atoms with Crippen LogP contribution < -0.4 is 32.3 Å². The van der Waals surface area contributed by atoms with Gasteiger partial charge in [-0.2, -0.15) is 0 Å². The van der Waals surface area contributed by atoms with E-state index < -0.39 is 90.2 Å². The van der Waals surface area contributed by atoms with Crippen LogP contribution in [0.4, 0.5) is 0 Å². The Bertz CT molecular complexity index is 1460. The lowest BCUT2D eigenvalue weighted by atomic mass is 9.96. The number of likely N-dealkylation sites (tertiary alicyclic amines) is 1. The van der Waals surface area contributed by atoms with E-state index in [1.807, 2.05) is 58.0 Å². The molecule has 0 spiro atoms. The normalized spacial score (nSPS) is 18.2. The molecule has 1 saturated heterocycles. The van der Waals surface area contributed by atoms with Crippen LogP contribution in [-0.2, 0) is 44.7 Å². The molecule has 308 valence electrons. The second-order valence-corrected chi connectivity index (χ2v) is 15.3. The molecule has 1 heterocycles. The molecule has 6 amide bonds. The number of carbonyl (C=O) groups is 7. The summed E-state index contributed by atoms with van der Waals surface area (Å²) in [6.45, 7) is 12.7. The lowest BCUT2D eigenvalue weighted by Crippen LogP contribution is -2.59. The lowest BCUT2D eigenvalue weighted by Gasteiger charge is -2.33. The maximum absolute atomic E-state index is 13.8. The fourth-order valence-corrected chi connectivity index (χ4v) is 6.59. The first kappa shape index (κ1) is 46.6. The number of nitrogens with two attached hydrogens (primary N) is 1. The summed E-state index contributed by atoms with van der Waals surface area (Å²) in [5.41, 5.74) is 6.26. The monoisotopic (exact) mass is 773 g/mol. The molecule has 1 aliphatic rings. The maximum atomic E-state index is 13.8. The van der Waals surface area contributed by atoms with E-state index in [9.17, 15) is 38.7 Å². The van der Waals surface area contributed by atoms with Gasteiger partial charge in [-0.1, -0.05) is 78.3 Å². The van der Waals surface area contributed by atoms with Crippen LogP contribution in [0.5, 0.6) is 0 Å². The van der Waals surface area contributed by atoms with Crippen molar-refractivity contribution in [1.29, 1.82) is 0 Å². The highest BCUT2D eigenvalue weighted by Crippen LogP contribution is 2.21. The number of methoxy groups -OCH3 is 1. The molecule has 0 radical (unpaired) electrons. The predicted molar refractivity (Wildman–Crippen MR) is 206 cm³/mol. The SMILES string of the molecule is CC[C@@H](C)[C@H](NC(=O)[C@@H]1CCCN1C[C@@H](O)[C@H](Cc1ccccc1)NC(=O)[C@H](CC(N)=O)NC(=O)[C@H](CC(C)C)NC(C)=O)C(=O)N[C@H](C(=O)OC)C(C)C. The molecule has 2 rings (SSSR count). The number of hydrogen-bond acceptors (Lipinski definition) is 10. The Hall–Kier alpha value is -4.57. The van der Waals surface area contributed by atoms with Gasteiger partial charge in [0, 0.05) is 13.5 Å². The Morgan fingerprint density at radius 2 is 1.51 bits per heavy atom. The summed E-state index contributed by atoms with van der Waals surface area (Å²) in [5.74, 6) is -4.71. The fraction of sp³-hybridized carbons (Fsp3) is 0.667. The number of nitrogens with one attached hydrogen (secondary N) is 5. The molecule has 8 atom stereocenters. The molecular formula is C39H63N7O9. The van der Waals surface area contributed by atoms with Crippen molar-refractivity contribution >= 4 is 41.4 Å². The number of β-amino-alcohol motifs (C(OH)–C–C–N with tert-alkyl or cyclic N) is 1. The molecule has 0 bridgehead atoms. The van der Waals surface area contributed by atoms with Gasteiger partial charge in [-0.05, 0) is 55.5 Å². The zero-order valence-corrected chi connectivity index (χ0v) is 33.6. The van der Waals surface area contributed by atoms with Crippen LogP contribution in [0.2, 0.25) is 0 Å². The third-order valence-corrected chi connectivity index (χ3v) is 9.83. The molecule has 16 heteroatoms. The smallest absolute Gasteiger partial charge is 0.328 e. The molecule has 1 aromatic carbocycles. The van der Waals surface area contributed by atoms with Crippen molar-refractivity contribution in [3.05, 3.63) is 35.9 Å². The highest BCUT2D eigenvalue weighted by molar-refractivity contribution is 5.94. The van der Waals surface area contributed by atoms with Gasteiger partial charge in [0.25, 0.3) is 0 Å². The largest absolute Gasteiger partial charge is 0.467 e. The maximum Gasteiger partial charge on any atom is 0.328 e. The Balaban J connectivity index is 2.30. The minimum absolute atomic E-state index is 0.0230. The molecule has 0 saturated carbocycles. The number of benzene rings is 1. The van der Waals surface area contributed by atoms with Gasteiger partial charge >= 0.3 is 5.97 Å². The number of aliphatic hydroxyl groups is 1. The number of amides is 6. The van der Waals surface area contributed by atoms with Gasteiger partial charge < -0.3 is 42.2 Å². The fourth-order valence-electron chi connectivity index (χ4n) is 6.59. The van der Waals surface area contributed by atoms with Gasteiger partial charge in [-0.15, -0.1) is 0 Å². The highest BCUT2D eigenvalue weighted by atomic mass is 16.5. The summed E-state index contributed by atoms with van der Waals surface area (Å²) in [7, 11) is 1.24. The number of aliphatic hydroxyl groups excluding tert-OH is 1. The third-order valence-electron chi connectivity index (χ3n) is 9.83. The minimum atomic E-state index is -1.40. The number of esters is 1. The minimum Gasteiger partial charge on any atom is -0.467 e. The molecule has 0 unspecified atom stereocenters. The number of primary amides is 1. The molecule has 1 aromatic rings. The van der Waals surface area contributed by atoms with E-state index >= 15 is 0 Å². The van der Waals surface area contributed by atoms with Crippen LogP contribution in [0, 0.1) is 17.8 Å². The van der Waals surface area contributed by atoms with Crippen LogP contribution >= 0.6 is 0 Å². The van der Waals surface area contributed by atoms with E-state index in [1.165, 1.54) is 14.0 Å². The quantitative estimate of drug-likeness (QED) is 0.0796. The molecular weight excluding hydrogens is 710 g/mol. The lowest BCUT2D eigenvalue weighted by molar-refractivity contribution is -0.147. The van der Waals surface area contributed by atoms with Crippen molar-refractivity contribution in [3.63, 3.8) is 0 Å². The molecule has 0 aliphatic carbocycles. The first-order chi connectivity index (χ1) is 25.9. The van der Waals surface area contributed by atoms with Crippen molar-refractivity contribution < 1.29 is 43.4 Å². The zero-order valence-electron chi connectivity index (χ0n) is 33.6. The van der Waals surface area contributed by atoms with E-state index in [4.69, 9.17) is 10.5 Å². The van der Waals surface area contributed by atoms with Gasteiger partial charge in [-0.25, -0.2) is 4.79 Å². The predicted octanol–water partition coefficient (Wildman–Crippen LogP) is 0.295. The van der Waals surface area contributed by atoms with E-state index in [-0.39, 0.29) is 37.1 Å². The van der Waals surface area contributed by atoms with Gasteiger partial charge in [-0.3, -0.25) is 33.7 Å². The van der Waals surface area contributed by atoms with Crippen molar-refractivity contribution in [2.45, 2.75) is 129 Å². The molecule has 55 heavy (non-hydrogen) atoms. The van der Waals surface area contributed by atoms with Crippen LogP contribution in [-0.4, -0.2) is 114 Å². The van der Waals surface area contributed by atoms with E-state index in [0.717, 1.165) is 5.56 Å². The summed E-state index contributed by atoms with van der Waals surface area (Å²) < 4.78 is 4.87. The van der Waals surface area contributed by atoms with Crippen LogP contribution in [0.15, 0.2) is 30.3 Å². The summed E-state index contributed by atoms with van der Waals surface area (Å²) in [6, 6.07) is 3.28. The van der Waals surface area contributed by atoms with Gasteiger partial charge in [0.1, 0.15) is 24.2 Å². The number of nitrogens with zero attached hydrogens (tertiary/aromatic N) is 1. The average molecular weight is 774 g/mol. The van der Waals surface area contributed by atoms with E-state index in [2.05, 4.69) is 26.6 Å². The topological polar surface area (TPSA) is 238 Å². The van der Waals surface area contributed by atoms with Gasteiger partial charge in [0.05, 0.1) is 31.7 Å². The Morgan fingerprint density at radius 3 is 2.05 bits per heavy atom.